The maximum absolute atomic E-state index is 12.2. The Balaban J connectivity index is 3.28. The van der Waals surface area contributed by atoms with Gasteiger partial charge in [-0.1, -0.05) is 11.6 Å². The fraction of sp³-hybridized carbons (Fsp3) is 0.250. The Hall–Kier alpha value is -0.940. The third-order valence-corrected chi connectivity index (χ3v) is 1.99. The van der Waals surface area contributed by atoms with Crippen molar-refractivity contribution in [2.45, 2.75) is 12.8 Å². The second kappa shape index (κ2) is 3.67. The van der Waals surface area contributed by atoms with Crippen LogP contribution in [0.5, 0.6) is 5.75 Å². The van der Waals surface area contributed by atoms with Crippen molar-refractivity contribution in [1.82, 2.24) is 0 Å². The van der Waals surface area contributed by atoms with Crippen molar-refractivity contribution in [3.05, 3.63) is 28.3 Å². The van der Waals surface area contributed by atoms with E-state index in [-0.39, 0.29) is 10.6 Å². The first-order chi connectivity index (χ1) is 6.36. The van der Waals surface area contributed by atoms with E-state index in [1.807, 2.05) is 0 Å². The lowest BCUT2D eigenvalue weighted by molar-refractivity contribution is -0.137. The quantitative estimate of drug-likeness (QED) is 0.773. The third kappa shape index (κ3) is 2.10. The lowest BCUT2D eigenvalue weighted by Crippen LogP contribution is -2.05. The van der Waals surface area contributed by atoms with Gasteiger partial charge in [-0.15, -0.1) is 0 Å². The van der Waals surface area contributed by atoms with Gasteiger partial charge in [-0.25, -0.2) is 0 Å². The highest BCUT2D eigenvalue weighted by Crippen LogP contribution is 2.36. The first kappa shape index (κ1) is 11.1. The Labute approximate surface area is 82.5 Å². The Kier molecular flexibility index (Phi) is 2.92. The molecule has 2 N–H and O–H groups in total. The second-order valence-corrected chi connectivity index (χ2v) is 3.02. The standard InChI is InChI=1S/C8H6ClF3O2/c9-6-1-4(8(10,11)12)2-7(14)5(6)3-13/h1-2,13-14H,3H2. The molecule has 1 rings (SSSR count). The molecular formula is C8H6ClF3O2. The minimum Gasteiger partial charge on any atom is -0.508 e. The van der Waals surface area contributed by atoms with E-state index in [1.165, 1.54) is 0 Å². The number of hydrogen-bond donors (Lipinski definition) is 2. The molecule has 2 nitrogen and oxygen atoms in total. The van der Waals surface area contributed by atoms with Gasteiger partial charge in [0.1, 0.15) is 5.75 Å². The van der Waals surface area contributed by atoms with Crippen LogP contribution in [0.3, 0.4) is 0 Å². The van der Waals surface area contributed by atoms with Crippen molar-refractivity contribution in [2.75, 3.05) is 0 Å². The summed E-state index contributed by atoms with van der Waals surface area (Å²) in [5.74, 6) is -0.660. The molecule has 0 spiro atoms. The summed E-state index contributed by atoms with van der Waals surface area (Å²) in [5.41, 5.74) is -1.16. The number of aliphatic hydroxyl groups excluding tert-OH is 1. The Bertz CT molecular complexity index is 326. The van der Waals surface area contributed by atoms with Gasteiger partial charge in [-0.05, 0) is 12.1 Å². The topological polar surface area (TPSA) is 40.5 Å². The molecule has 0 aliphatic carbocycles. The van der Waals surface area contributed by atoms with Crippen LogP contribution in [0.15, 0.2) is 12.1 Å². The van der Waals surface area contributed by atoms with Gasteiger partial charge < -0.3 is 10.2 Å². The summed E-state index contributed by atoms with van der Waals surface area (Å²) in [7, 11) is 0. The highest BCUT2D eigenvalue weighted by atomic mass is 35.5. The minimum atomic E-state index is -4.56. The van der Waals surface area contributed by atoms with Crippen LogP contribution in [0.4, 0.5) is 13.2 Å². The van der Waals surface area contributed by atoms with E-state index in [2.05, 4.69) is 0 Å². The third-order valence-electron chi connectivity index (χ3n) is 1.66. The molecule has 6 heteroatoms. The van der Waals surface area contributed by atoms with Crippen molar-refractivity contribution < 1.29 is 23.4 Å². The predicted molar refractivity (Wildman–Crippen MR) is 44.0 cm³/mol. The van der Waals surface area contributed by atoms with Crippen LogP contribution in [0.25, 0.3) is 0 Å². The molecule has 0 amide bonds. The highest BCUT2D eigenvalue weighted by molar-refractivity contribution is 6.31. The smallest absolute Gasteiger partial charge is 0.416 e. The molecule has 0 aliphatic heterocycles. The number of phenols is 1. The number of aromatic hydroxyl groups is 1. The summed E-state index contributed by atoms with van der Waals surface area (Å²) in [5, 5.41) is 17.5. The van der Waals surface area contributed by atoms with Gasteiger partial charge in [0.15, 0.2) is 0 Å². The number of benzene rings is 1. The van der Waals surface area contributed by atoms with Gasteiger partial charge in [-0.2, -0.15) is 13.2 Å². The molecule has 0 heterocycles. The van der Waals surface area contributed by atoms with Crippen molar-refractivity contribution >= 4 is 11.6 Å². The fourth-order valence-corrected chi connectivity index (χ4v) is 1.22. The maximum atomic E-state index is 12.2. The minimum absolute atomic E-state index is 0.111. The Morgan fingerprint density at radius 2 is 1.86 bits per heavy atom. The predicted octanol–water partition coefficient (Wildman–Crippen LogP) is 2.56. The van der Waals surface area contributed by atoms with Gasteiger partial charge in [0.2, 0.25) is 0 Å². The molecule has 1 aromatic rings. The molecule has 0 atom stereocenters. The van der Waals surface area contributed by atoms with Crippen LogP contribution in [0, 0.1) is 0 Å². The molecule has 14 heavy (non-hydrogen) atoms. The monoisotopic (exact) mass is 226 g/mol. The van der Waals surface area contributed by atoms with E-state index in [4.69, 9.17) is 21.8 Å². The molecule has 0 unspecified atom stereocenters. The summed E-state index contributed by atoms with van der Waals surface area (Å²) in [6, 6.07) is 1.18. The molecule has 0 saturated heterocycles. The summed E-state index contributed by atoms with van der Waals surface area (Å²) in [6.45, 7) is -0.608. The van der Waals surface area contributed by atoms with Crippen LogP contribution < -0.4 is 0 Å². The number of alkyl halides is 3. The van der Waals surface area contributed by atoms with Crippen molar-refractivity contribution in [2.24, 2.45) is 0 Å². The second-order valence-electron chi connectivity index (χ2n) is 2.61. The van der Waals surface area contributed by atoms with Gasteiger partial charge in [-0.3, -0.25) is 0 Å². The number of hydrogen-bond acceptors (Lipinski definition) is 2. The van der Waals surface area contributed by atoms with Crippen LogP contribution in [-0.2, 0) is 12.8 Å². The summed E-state index contributed by atoms with van der Waals surface area (Å²) >= 11 is 5.42. The van der Waals surface area contributed by atoms with Crippen LogP contribution in [-0.4, -0.2) is 10.2 Å². The summed E-state index contributed by atoms with van der Waals surface area (Å²) in [6.07, 6.45) is -4.56. The Morgan fingerprint density at radius 1 is 1.29 bits per heavy atom. The van der Waals surface area contributed by atoms with E-state index >= 15 is 0 Å². The molecule has 0 aliphatic rings. The van der Waals surface area contributed by atoms with Crippen molar-refractivity contribution in [3.8, 4) is 5.75 Å². The normalized spacial score (nSPS) is 11.8. The van der Waals surface area contributed by atoms with Gasteiger partial charge in [0.05, 0.1) is 17.2 Å². The largest absolute Gasteiger partial charge is 0.508 e. The van der Waals surface area contributed by atoms with Crippen molar-refractivity contribution in [1.29, 1.82) is 0 Å². The average Bonchev–Trinajstić information content (AvgIpc) is 2.01. The molecule has 1 aromatic carbocycles. The number of aliphatic hydroxyl groups is 1. The van der Waals surface area contributed by atoms with Gasteiger partial charge in [0.25, 0.3) is 0 Å². The zero-order valence-corrected chi connectivity index (χ0v) is 7.52. The molecule has 78 valence electrons. The molecule has 0 radical (unpaired) electrons. The summed E-state index contributed by atoms with van der Waals surface area (Å²) < 4.78 is 36.5. The van der Waals surface area contributed by atoms with E-state index < -0.39 is 24.1 Å². The molecule has 0 bridgehead atoms. The van der Waals surface area contributed by atoms with E-state index in [0.29, 0.717) is 12.1 Å². The van der Waals surface area contributed by atoms with Crippen LogP contribution >= 0.6 is 11.6 Å². The van der Waals surface area contributed by atoms with E-state index in [9.17, 15) is 13.2 Å². The van der Waals surface area contributed by atoms with Crippen molar-refractivity contribution in [3.63, 3.8) is 0 Å². The first-order valence-corrected chi connectivity index (χ1v) is 3.93. The molecule has 0 saturated carbocycles. The Morgan fingerprint density at radius 3 is 2.21 bits per heavy atom. The average molecular weight is 227 g/mol. The number of halogens is 4. The lowest BCUT2D eigenvalue weighted by atomic mass is 10.1. The first-order valence-electron chi connectivity index (χ1n) is 3.55. The summed E-state index contributed by atoms with van der Waals surface area (Å²) in [4.78, 5) is 0. The van der Waals surface area contributed by atoms with E-state index in [1.54, 1.807) is 0 Å². The van der Waals surface area contributed by atoms with Gasteiger partial charge >= 0.3 is 6.18 Å². The maximum Gasteiger partial charge on any atom is 0.416 e. The molecular weight excluding hydrogens is 221 g/mol. The molecule has 0 aromatic heterocycles. The SMILES string of the molecule is OCc1c(O)cc(C(F)(F)F)cc1Cl. The van der Waals surface area contributed by atoms with Gasteiger partial charge in [0, 0.05) is 5.56 Å². The molecule has 0 fully saturated rings. The highest BCUT2D eigenvalue weighted by Gasteiger charge is 2.32. The fourth-order valence-electron chi connectivity index (χ4n) is 0.942. The zero-order valence-electron chi connectivity index (χ0n) is 6.77. The van der Waals surface area contributed by atoms with Crippen LogP contribution in [0.2, 0.25) is 5.02 Å². The lowest BCUT2D eigenvalue weighted by Gasteiger charge is -2.10. The van der Waals surface area contributed by atoms with Crippen LogP contribution in [0.1, 0.15) is 11.1 Å². The van der Waals surface area contributed by atoms with E-state index in [0.717, 1.165) is 0 Å². The zero-order chi connectivity index (χ0) is 10.9. The number of rotatable bonds is 1.